The maximum absolute atomic E-state index is 12.7. The zero-order valence-electron chi connectivity index (χ0n) is 16.7. The highest BCUT2D eigenvalue weighted by atomic mass is 16.3. The zero-order chi connectivity index (χ0) is 21.0. The second-order valence-corrected chi connectivity index (χ2v) is 7.27. The summed E-state index contributed by atoms with van der Waals surface area (Å²) < 4.78 is 5.84. The van der Waals surface area contributed by atoms with E-state index in [1.165, 1.54) is 0 Å². The maximum atomic E-state index is 12.7. The number of nitrogens with one attached hydrogen (secondary N) is 2. The van der Waals surface area contributed by atoms with E-state index in [4.69, 9.17) is 4.42 Å². The van der Waals surface area contributed by atoms with Crippen LogP contribution >= 0.6 is 0 Å². The smallest absolute Gasteiger partial charge is 0.251 e. The van der Waals surface area contributed by atoms with Crippen molar-refractivity contribution in [3.05, 3.63) is 108 Å². The van der Waals surface area contributed by atoms with Crippen LogP contribution in [0.4, 0.5) is 0 Å². The fraction of sp³-hybridized carbons (Fsp3) is 0.0800. The van der Waals surface area contributed by atoms with Gasteiger partial charge >= 0.3 is 0 Å². The monoisotopic (exact) mass is 408 g/mol. The molecular formula is C25H20N4O2. The Kier molecular flexibility index (Phi) is 5.02. The Morgan fingerprint density at radius 3 is 2.55 bits per heavy atom. The van der Waals surface area contributed by atoms with Crippen LogP contribution in [0, 0.1) is 0 Å². The van der Waals surface area contributed by atoms with Crippen molar-refractivity contribution in [1.82, 2.24) is 20.5 Å². The fourth-order valence-electron chi connectivity index (χ4n) is 3.54. The van der Waals surface area contributed by atoms with Crippen LogP contribution in [0.5, 0.6) is 0 Å². The number of nitrogens with zero attached hydrogens (tertiary/aromatic N) is 2. The van der Waals surface area contributed by atoms with Gasteiger partial charge in [0, 0.05) is 24.1 Å². The van der Waals surface area contributed by atoms with Gasteiger partial charge in [0.15, 0.2) is 11.5 Å². The van der Waals surface area contributed by atoms with Gasteiger partial charge in [-0.25, -0.2) is 4.98 Å². The van der Waals surface area contributed by atoms with Gasteiger partial charge in [-0.2, -0.15) is 5.10 Å². The van der Waals surface area contributed by atoms with Crippen LogP contribution in [0.25, 0.3) is 22.4 Å². The molecule has 6 heteroatoms. The number of fused-ring (bicyclic) bond motifs is 1. The van der Waals surface area contributed by atoms with E-state index in [1.54, 1.807) is 24.4 Å². The van der Waals surface area contributed by atoms with E-state index in [2.05, 4.69) is 20.5 Å². The van der Waals surface area contributed by atoms with Crippen molar-refractivity contribution in [2.24, 2.45) is 0 Å². The Labute approximate surface area is 179 Å². The van der Waals surface area contributed by atoms with E-state index in [0.717, 1.165) is 22.4 Å². The molecule has 0 aliphatic rings. The lowest BCUT2D eigenvalue weighted by Gasteiger charge is -2.06. The highest BCUT2D eigenvalue weighted by Gasteiger charge is 2.13. The minimum atomic E-state index is -0.172. The number of carbonyl (C=O) groups excluding carboxylic acids is 1. The Hall–Kier alpha value is -4.19. The molecule has 0 aliphatic heterocycles. The van der Waals surface area contributed by atoms with E-state index >= 15 is 0 Å². The standard InChI is InChI=1S/C25H20N4O2/c30-25(26-15-20-16-27-29-24(20)18-9-5-2-6-10-18)19-11-12-22-21(14-19)28-23(31-22)13-17-7-3-1-4-8-17/h1-12,14,16H,13,15H2,(H,26,30)(H,27,29). The van der Waals surface area contributed by atoms with Gasteiger partial charge in [0.1, 0.15) is 5.52 Å². The topological polar surface area (TPSA) is 83.8 Å². The molecule has 2 N–H and O–H groups in total. The van der Waals surface area contributed by atoms with Gasteiger partial charge in [-0.05, 0) is 29.3 Å². The summed E-state index contributed by atoms with van der Waals surface area (Å²) in [6.45, 7) is 0.371. The van der Waals surface area contributed by atoms with Gasteiger partial charge < -0.3 is 9.73 Å². The number of carbonyl (C=O) groups is 1. The number of H-pyrrole nitrogens is 1. The molecule has 5 rings (SSSR count). The molecule has 1 amide bonds. The average Bonchev–Trinajstić information content (AvgIpc) is 3.44. The predicted octanol–water partition coefficient (Wildman–Crippen LogP) is 4.74. The normalized spacial score (nSPS) is 11.0. The summed E-state index contributed by atoms with van der Waals surface area (Å²) in [5.74, 6) is 0.458. The quantitative estimate of drug-likeness (QED) is 0.425. The molecule has 152 valence electrons. The third kappa shape index (κ3) is 4.09. The number of benzene rings is 3. The summed E-state index contributed by atoms with van der Waals surface area (Å²) >= 11 is 0. The predicted molar refractivity (Wildman–Crippen MR) is 118 cm³/mol. The van der Waals surface area contributed by atoms with Gasteiger partial charge in [0.2, 0.25) is 0 Å². The number of aromatic amines is 1. The van der Waals surface area contributed by atoms with Crippen molar-refractivity contribution in [2.75, 3.05) is 0 Å². The number of aromatic nitrogens is 3. The van der Waals surface area contributed by atoms with E-state index in [9.17, 15) is 4.79 Å². The number of rotatable bonds is 6. The maximum Gasteiger partial charge on any atom is 0.251 e. The van der Waals surface area contributed by atoms with Crippen LogP contribution < -0.4 is 5.32 Å². The molecule has 0 saturated heterocycles. The van der Waals surface area contributed by atoms with Gasteiger partial charge in [0.25, 0.3) is 5.91 Å². The molecule has 0 fully saturated rings. The highest BCUT2D eigenvalue weighted by Crippen LogP contribution is 2.22. The molecule has 6 nitrogen and oxygen atoms in total. The molecule has 2 heterocycles. The highest BCUT2D eigenvalue weighted by molar-refractivity contribution is 5.97. The molecule has 0 radical (unpaired) electrons. The van der Waals surface area contributed by atoms with Crippen molar-refractivity contribution >= 4 is 17.0 Å². The van der Waals surface area contributed by atoms with Crippen molar-refractivity contribution in [3.63, 3.8) is 0 Å². The molecule has 0 atom stereocenters. The number of amides is 1. The molecule has 0 bridgehead atoms. The summed E-state index contributed by atoms with van der Waals surface area (Å²) in [6.07, 6.45) is 2.35. The molecule has 2 aromatic heterocycles. The molecule has 3 aromatic carbocycles. The van der Waals surface area contributed by atoms with Crippen LogP contribution in [0.1, 0.15) is 27.4 Å². The lowest BCUT2D eigenvalue weighted by Crippen LogP contribution is -2.22. The molecule has 0 unspecified atom stereocenters. The van der Waals surface area contributed by atoms with Gasteiger partial charge in [-0.3, -0.25) is 9.89 Å². The van der Waals surface area contributed by atoms with Crippen molar-refractivity contribution in [3.8, 4) is 11.3 Å². The first kappa shape index (κ1) is 18.8. The number of oxazole rings is 1. The summed E-state index contributed by atoms with van der Waals surface area (Å²) in [4.78, 5) is 17.3. The van der Waals surface area contributed by atoms with Gasteiger partial charge in [0.05, 0.1) is 11.9 Å². The number of hydrogen-bond donors (Lipinski definition) is 2. The lowest BCUT2D eigenvalue weighted by molar-refractivity contribution is 0.0951. The van der Waals surface area contributed by atoms with E-state index in [-0.39, 0.29) is 5.91 Å². The van der Waals surface area contributed by atoms with Crippen LogP contribution in [0.2, 0.25) is 0 Å². The van der Waals surface area contributed by atoms with E-state index in [0.29, 0.717) is 35.5 Å². The average molecular weight is 408 g/mol. The molecule has 0 spiro atoms. The van der Waals surface area contributed by atoms with Gasteiger partial charge in [-0.1, -0.05) is 60.7 Å². The summed E-state index contributed by atoms with van der Waals surface area (Å²) in [6, 6.07) is 25.2. The second-order valence-electron chi connectivity index (χ2n) is 7.27. The Morgan fingerprint density at radius 2 is 1.74 bits per heavy atom. The molecule has 31 heavy (non-hydrogen) atoms. The van der Waals surface area contributed by atoms with E-state index in [1.807, 2.05) is 60.7 Å². The fourth-order valence-corrected chi connectivity index (χ4v) is 3.54. The Bertz CT molecular complexity index is 1320. The minimum Gasteiger partial charge on any atom is -0.440 e. The van der Waals surface area contributed by atoms with Crippen LogP contribution in [-0.2, 0) is 13.0 Å². The first-order valence-corrected chi connectivity index (χ1v) is 10.1. The van der Waals surface area contributed by atoms with E-state index < -0.39 is 0 Å². The first-order valence-electron chi connectivity index (χ1n) is 10.1. The molecule has 0 saturated carbocycles. The molecule has 0 aliphatic carbocycles. The van der Waals surface area contributed by atoms with Crippen molar-refractivity contribution in [1.29, 1.82) is 0 Å². The lowest BCUT2D eigenvalue weighted by atomic mass is 10.1. The zero-order valence-corrected chi connectivity index (χ0v) is 16.7. The summed E-state index contributed by atoms with van der Waals surface area (Å²) in [5.41, 5.74) is 5.86. The third-order valence-electron chi connectivity index (χ3n) is 5.11. The van der Waals surface area contributed by atoms with Crippen LogP contribution in [-0.4, -0.2) is 21.1 Å². The van der Waals surface area contributed by atoms with Crippen LogP contribution in [0.3, 0.4) is 0 Å². The molecular weight excluding hydrogens is 388 g/mol. The van der Waals surface area contributed by atoms with Gasteiger partial charge in [-0.15, -0.1) is 0 Å². The Balaban J connectivity index is 1.30. The van der Waals surface area contributed by atoms with Crippen molar-refractivity contribution < 1.29 is 9.21 Å². The largest absolute Gasteiger partial charge is 0.440 e. The first-order chi connectivity index (χ1) is 15.3. The van der Waals surface area contributed by atoms with Crippen LogP contribution in [0.15, 0.2) is 89.5 Å². The molecule has 5 aromatic rings. The minimum absolute atomic E-state index is 0.172. The Morgan fingerprint density at radius 1 is 0.968 bits per heavy atom. The van der Waals surface area contributed by atoms with Crippen molar-refractivity contribution in [2.45, 2.75) is 13.0 Å². The second kappa shape index (κ2) is 8.28. The number of hydrogen-bond acceptors (Lipinski definition) is 4. The SMILES string of the molecule is O=C(NCc1cn[nH]c1-c1ccccc1)c1ccc2oc(Cc3ccccc3)nc2c1. The summed E-state index contributed by atoms with van der Waals surface area (Å²) in [7, 11) is 0. The third-order valence-corrected chi connectivity index (χ3v) is 5.11. The summed E-state index contributed by atoms with van der Waals surface area (Å²) in [5, 5.41) is 10.1.